The van der Waals surface area contributed by atoms with Crippen LogP contribution >= 0.6 is 0 Å². The molecule has 0 amide bonds. The molecule has 0 spiro atoms. The number of para-hydroxylation sites is 1. The quantitative estimate of drug-likeness (QED) is 0.916. The van der Waals surface area contributed by atoms with Gasteiger partial charge in [-0.2, -0.15) is 0 Å². The van der Waals surface area contributed by atoms with Gasteiger partial charge in [-0.15, -0.1) is 0 Å². The van der Waals surface area contributed by atoms with Crippen molar-refractivity contribution in [3.05, 3.63) is 53.9 Å². The van der Waals surface area contributed by atoms with Gasteiger partial charge in [0, 0.05) is 0 Å². The van der Waals surface area contributed by atoms with E-state index in [-0.39, 0.29) is 5.69 Å². The molecule has 0 aliphatic rings. The Morgan fingerprint density at radius 3 is 2.63 bits per heavy atom. The lowest BCUT2D eigenvalue weighted by Crippen LogP contribution is -2.13. The topological polar surface area (TPSA) is 72.3 Å². The molecule has 0 aliphatic carbocycles. The van der Waals surface area contributed by atoms with Gasteiger partial charge in [-0.25, -0.2) is 19.2 Å². The van der Waals surface area contributed by atoms with E-state index in [2.05, 4.69) is 9.97 Å². The summed E-state index contributed by atoms with van der Waals surface area (Å²) in [5.41, 5.74) is -0.746. The van der Waals surface area contributed by atoms with Gasteiger partial charge in [0.15, 0.2) is 11.5 Å². The summed E-state index contributed by atoms with van der Waals surface area (Å²) in [4.78, 5) is 17.9. The van der Waals surface area contributed by atoms with Crippen molar-refractivity contribution in [1.29, 1.82) is 0 Å². The smallest absolute Gasteiger partial charge is 0.357 e. The van der Waals surface area contributed by atoms with Crippen LogP contribution in [-0.2, 0) is 0 Å². The number of rotatable bonds is 4. The minimum Gasteiger partial charge on any atom is -0.484 e. The molecule has 1 atom stereocenters. The predicted molar refractivity (Wildman–Crippen MR) is 64.4 cm³/mol. The van der Waals surface area contributed by atoms with Crippen LogP contribution in [0, 0.1) is 5.82 Å². The first-order chi connectivity index (χ1) is 9.09. The molecule has 98 valence electrons. The Kier molecular flexibility index (Phi) is 3.70. The maximum absolute atomic E-state index is 13.9. The Bertz CT molecular complexity index is 590. The van der Waals surface area contributed by atoms with Gasteiger partial charge in [-0.1, -0.05) is 18.2 Å². The molecule has 0 saturated heterocycles. The average molecular weight is 262 g/mol. The van der Waals surface area contributed by atoms with Crippen LogP contribution in [0.3, 0.4) is 0 Å². The van der Waals surface area contributed by atoms with Crippen molar-refractivity contribution >= 4 is 5.97 Å². The minimum atomic E-state index is -1.44. The molecule has 19 heavy (non-hydrogen) atoms. The number of ether oxygens (including phenoxy) is 1. The molecular formula is C13H11FN2O3. The summed E-state index contributed by atoms with van der Waals surface area (Å²) in [6.07, 6.45) is 0.288. The van der Waals surface area contributed by atoms with Gasteiger partial charge in [0.25, 0.3) is 0 Å². The fourth-order valence-electron chi connectivity index (χ4n) is 1.57. The highest BCUT2D eigenvalue weighted by Crippen LogP contribution is 2.22. The van der Waals surface area contributed by atoms with Crippen LogP contribution in [0.4, 0.5) is 4.39 Å². The lowest BCUT2D eigenvalue weighted by atomic mass is 10.2. The van der Waals surface area contributed by atoms with E-state index in [1.165, 1.54) is 0 Å². The first kappa shape index (κ1) is 12.9. The van der Waals surface area contributed by atoms with E-state index in [9.17, 15) is 9.18 Å². The third-order valence-corrected chi connectivity index (χ3v) is 2.46. The van der Waals surface area contributed by atoms with E-state index in [1.807, 2.05) is 6.07 Å². The average Bonchev–Trinajstić information content (AvgIpc) is 2.39. The van der Waals surface area contributed by atoms with Gasteiger partial charge >= 0.3 is 5.97 Å². The SMILES string of the molecule is CC(Oc1ccccc1)c1ncnc(C(=O)O)c1F. The number of carboxylic acids is 1. The lowest BCUT2D eigenvalue weighted by molar-refractivity contribution is 0.0683. The molecule has 2 aromatic rings. The van der Waals surface area contributed by atoms with E-state index in [4.69, 9.17) is 9.84 Å². The van der Waals surface area contributed by atoms with Crippen LogP contribution in [0.15, 0.2) is 36.7 Å². The van der Waals surface area contributed by atoms with Gasteiger partial charge < -0.3 is 9.84 Å². The fraction of sp³-hybridized carbons (Fsp3) is 0.154. The normalized spacial score (nSPS) is 11.9. The first-order valence-electron chi connectivity index (χ1n) is 5.55. The molecule has 1 heterocycles. The number of halogens is 1. The van der Waals surface area contributed by atoms with Gasteiger partial charge in [0.2, 0.25) is 0 Å². The first-order valence-corrected chi connectivity index (χ1v) is 5.55. The van der Waals surface area contributed by atoms with Gasteiger partial charge in [0.05, 0.1) is 0 Å². The number of hydrogen-bond donors (Lipinski definition) is 1. The zero-order valence-electron chi connectivity index (χ0n) is 10.1. The molecule has 6 heteroatoms. The number of aromatic carboxylic acids is 1. The summed E-state index contributed by atoms with van der Waals surface area (Å²) in [6.45, 7) is 1.59. The largest absolute Gasteiger partial charge is 0.484 e. The Hall–Kier alpha value is -2.50. The van der Waals surface area contributed by atoms with Crippen LogP contribution in [0.2, 0.25) is 0 Å². The summed E-state index contributed by atoms with van der Waals surface area (Å²) in [5.74, 6) is -1.86. The Morgan fingerprint density at radius 1 is 1.32 bits per heavy atom. The van der Waals surface area contributed by atoms with Crippen molar-refractivity contribution in [1.82, 2.24) is 9.97 Å². The Labute approximate surface area is 108 Å². The highest BCUT2D eigenvalue weighted by atomic mass is 19.1. The van der Waals surface area contributed by atoms with Gasteiger partial charge in [-0.3, -0.25) is 0 Å². The second kappa shape index (κ2) is 5.43. The van der Waals surface area contributed by atoms with Crippen molar-refractivity contribution < 1.29 is 19.0 Å². The maximum atomic E-state index is 13.9. The monoisotopic (exact) mass is 262 g/mol. The molecule has 2 rings (SSSR count). The summed E-state index contributed by atoms with van der Waals surface area (Å²) in [5, 5.41) is 8.79. The molecule has 0 radical (unpaired) electrons. The van der Waals surface area contributed by atoms with Crippen LogP contribution in [0.5, 0.6) is 5.75 Å². The number of carboxylic acid groups (broad SMARTS) is 1. The summed E-state index contributed by atoms with van der Waals surface area (Å²) in [6, 6.07) is 8.81. The van der Waals surface area contributed by atoms with E-state index < -0.39 is 23.6 Å². The zero-order chi connectivity index (χ0) is 13.8. The van der Waals surface area contributed by atoms with E-state index in [1.54, 1.807) is 31.2 Å². The zero-order valence-corrected chi connectivity index (χ0v) is 10.1. The van der Waals surface area contributed by atoms with Crippen molar-refractivity contribution in [2.45, 2.75) is 13.0 Å². The fourth-order valence-corrected chi connectivity index (χ4v) is 1.57. The summed E-state index contributed by atoms with van der Waals surface area (Å²) in [7, 11) is 0. The standard InChI is InChI=1S/C13H11FN2O3/c1-8(19-9-5-3-2-4-6-9)11-10(14)12(13(17)18)16-7-15-11/h2-8H,1H3,(H,17,18). The summed E-state index contributed by atoms with van der Waals surface area (Å²) >= 11 is 0. The highest BCUT2D eigenvalue weighted by Gasteiger charge is 2.21. The number of hydrogen-bond acceptors (Lipinski definition) is 4. The van der Waals surface area contributed by atoms with E-state index >= 15 is 0 Å². The van der Waals surface area contributed by atoms with E-state index in [0.29, 0.717) is 5.75 Å². The van der Waals surface area contributed by atoms with Crippen LogP contribution in [0.1, 0.15) is 29.2 Å². The highest BCUT2D eigenvalue weighted by molar-refractivity contribution is 5.85. The molecular weight excluding hydrogens is 251 g/mol. The van der Waals surface area contributed by atoms with Crippen molar-refractivity contribution in [2.24, 2.45) is 0 Å². The third-order valence-electron chi connectivity index (χ3n) is 2.46. The van der Waals surface area contributed by atoms with Gasteiger partial charge in [-0.05, 0) is 19.1 Å². The molecule has 0 bridgehead atoms. The van der Waals surface area contributed by atoms with Gasteiger partial charge in [0.1, 0.15) is 23.9 Å². The van der Waals surface area contributed by atoms with Crippen LogP contribution in [-0.4, -0.2) is 21.0 Å². The Morgan fingerprint density at radius 2 is 2.00 bits per heavy atom. The lowest BCUT2D eigenvalue weighted by Gasteiger charge is -2.14. The molecule has 0 fully saturated rings. The number of benzene rings is 1. The van der Waals surface area contributed by atoms with Crippen molar-refractivity contribution in [3.63, 3.8) is 0 Å². The molecule has 1 N–H and O–H groups in total. The van der Waals surface area contributed by atoms with E-state index in [0.717, 1.165) is 6.33 Å². The molecule has 1 unspecified atom stereocenters. The molecule has 1 aromatic heterocycles. The molecule has 1 aromatic carbocycles. The molecule has 0 saturated carbocycles. The second-order valence-electron chi connectivity index (χ2n) is 3.80. The Balaban J connectivity index is 2.27. The number of aromatic nitrogens is 2. The maximum Gasteiger partial charge on any atom is 0.357 e. The third kappa shape index (κ3) is 2.85. The van der Waals surface area contributed by atoms with Crippen molar-refractivity contribution in [2.75, 3.05) is 0 Å². The minimum absolute atomic E-state index is 0.0868. The predicted octanol–water partition coefficient (Wildman–Crippen LogP) is 2.45. The summed E-state index contributed by atoms with van der Waals surface area (Å²) < 4.78 is 19.4. The molecule has 0 aliphatic heterocycles. The number of nitrogens with zero attached hydrogens (tertiary/aromatic N) is 2. The number of carbonyl (C=O) groups is 1. The van der Waals surface area contributed by atoms with Crippen LogP contribution < -0.4 is 4.74 Å². The second-order valence-corrected chi connectivity index (χ2v) is 3.80. The molecule has 5 nitrogen and oxygen atoms in total. The van der Waals surface area contributed by atoms with Crippen LogP contribution in [0.25, 0.3) is 0 Å². The van der Waals surface area contributed by atoms with Crippen molar-refractivity contribution in [3.8, 4) is 5.75 Å².